The number of hydrogen-bond donors (Lipinski definition) is 1. The van der Waals surface area contributed by atoms with Crippen LogP contribution in [-0.4, -0.2) is 23.9 Å². The normalized spacial score (nSPS) is 12.0. The fourth-order valence-corrected chi connectivity index (χ4v) is 7.50. The van der Waals surface area contributed by atoms with Gasteiger partial charge in [0.1, 0.15) is 5.82 Å². The molecular weight excluding hydrogens is 766 g/mol. The van der Waals surface area contributed by atoms with Crippen LogP contribution in [0.2, 0.25) is 19.6 Å². The van der Waals surface area contributed by atoms with Crippen molar-refractivity contribution in [2.75, 3.05) is 0 Å². The van der Waals surface area contributed by atoms with Gasteiger partial charge < -0.3 is 5.11 Å². The van der Waals surface area contributed by atoms with Crippen LogP contribution in [0.15, 0.2) is 78.7 Å². The first-order valence-corrected chi connectivity index (χ1v) is 19.8. The number of aromatic nitrogens is 1. The van der Waals surface area contributed by atoms with E-state index in [1.807, 2.05) is 58.2 Å². The minimum atomic E-state index is -1.75. The predicted octanol–water partition coefficient (Wildman–Crippen LogP) is 10.9. The quantitative estimate of drug-likeness (QED) is 0.0530. The molecule has 0 fully saturated rings. The maximum Gasteiger partial charge on any atom is 0.162 e. The van der Waals surface area contributed by atoms with E-state index in [4.69, 9.17) is 4.98 Å². The van der Waals surface area contributed by atoms with Crippen LogP contribution in [0.3, 0.4) is 0 Å². The summed E-state index contributed by atoms with van der Waals surface area (Å²) >= 11 is 0. The van der Waals surface area contributed by atoms with Gasteiger partial charge in [0.2, 0.25) is 0 Å². The Bertz CT molecular complexity index is 1850. The maximum atomic E-state index is 15.0. The van der Waals surface area contributed by atoms with Crippen LogP contribution >= 0.6 is 0 Å². The zero-order chi connectivity index (χ0) is 32.9. The molecule has 0 saturated heterocycles. The third-order valence-corrected chi connectivity index (χ3v) is 11.0. The van der Waals surface area contributed by atoms with Gasteiger partial charge in [0.05, 0.1) is 13.8 Å². The Kier molecular flexibility index (Phi) is 13.0. The molecule has 0 aliphatic rings. The van der Waals surface area contributed by atoms with Crippen LogP contribution in [0.4, 0.5) is 4.39 Å². The van der Waals surface area contributed by atoms with Gasteiger partial charge in [-0.05, 0) is 64.5 Å². The zero-order valence-corrected chi connectivity index (χ0v) is 31.8. The number of benzene rings is 4. The van der Waals surface area contributed by atoms with Crippen LogP contribution in [0.1, 0.15) is 58.9 Å². The van der Waals surface area contributed by atoms with Gasteiger partial charge in [-0.2, -0.15) is 0 Å². The van der Waals surface area contributed by atoms with Gasteiger partial charge in [-0.25, -0.2) is 4.39 Å². The predicted molar refractivity (Wildman–Crippen MR) is 193 cm³/mol. The van der Waals surface area contributed by atoms with Crippen molar-refractivity contribution in [2.24, 2.45) is 11.8 Å². The van der Waals surface area contributed by atoms with Crippen LogP contribution < -0.4 is 5.19 Å². The Balaban J connectivity index is 0.000000309. The van der Waals surface area contributed by atoms with Crippen molar-refractivity contribution in [2.45, 2.75) is 79.9 Å². The van der Waals surface area contributed by atoms with Gasteiger partial charge in [-0.15, -0.1) is 29.1 Å². The van der Waals surface area contributed by atoms with Gasteiger partial charge in [0.25, 0.3) is 0 Å². The van der Waals surface area contributed by atoms with Gasteiger partial charge >= 0.3 is 0 Å². The Labute approximate surface area is 288 Å². The average Bonchev–Trinajstić information content (AvgIpc) is 3.01. The number of nitrogens with zero attached hydrogens (tertiary/aromatic N) is 1. The number of halogens is 1. The van der Waals surface area contributed by atoms with E-state index in [0.29, 0.717) is 0 Å². The first-order valence-electron chi connectivity index (χ1n) is 16.3. The number of aryl methyl sites for hydroxylation is 1. The van der Waals surface area contributed by atoms with Gasteiger partial charge in [0.15, 0.2) is 5.78 Å². The average molecular weight is 813 g/mol. The molecule has 5 rings (SSSR count). The first kappa shape index (κ1) is 37.3. The molecule has 0 saturated carbocycles. The molecule has 6 heteroatoms. The van der Waals surface area contributed by atoms with Crippen molar-refractivity contribution in [1.29, 1.82) is 0 Å². The summed E-state index contributed by atoms with van der Waals surface area (Å²) in [6, 6.07) is 23.9. The van der Waals surface area contributed by atoms with E-state index in [9.17, 15) is 9.90 Å². The Morgan fingerprint density at radius 2 is 1.52 bits per heavy atom. The molecule has 0 atom stereocenters. The van der Waals surface area contributed by atoms with Crippen LogP contribution in [-0.2, 0) is 24.9 Å². The number of ketones is 1. The standard InChI is InChI=1S/C27H23FNSi.C13H24O2.Ir/c1-17-13-20(14-18-7-5-6-8-21(17)18)27-23-10-9-19-15-26(30(2,3)4)25(28)16-24(19)22(23)11-12-29-27;1-5-10(6-2)12(14)9-13(15)11(7-3)8-4;/h5-13,15-16H,1-4H3;9-11,14H,5-8H2,1-4H3;/q-1;;/b;12-9-;. The number of aliphatic hydroxyl groups excluding tert-OH is 1. The number of aliphatic hydroxyl groups is 1. The second-order valence-electron chi connectivity index (χ2n) is 13.0. The minimum Gasteiger partial charge on any atom is -0.512 e. The van der Waals surface area contributed by atoms with Crippen molar-refractivity contribution in [3.05, 3.63) is 96.1 Å². The van der Waals surface area contributed by atoms with E-state index in [2.05, 4.69) is 63.0 Å². The molecule has 5 aromatic rings. The number of carbonyl (C=O) groups is 1. The molecule has 0 aliphatic carbocycles. The number of hydrogen-bond acceptors (Lipinski definition) is 3. The van der Waals surface area contributed by atoms with Crippen LogP contribution in [0.5, 0.6) is 0 Å². The molecule has 0 bridgehead atoms. The molecule has 46 heavy (non-hydrogen) atoms. The SMILES string of the molecule is CCC(CC)C(=O)/C=C(\O)C(CC)CC.Cc1cc(-c2nccc3c2ccc2cc([Si](C)(C)C)c(F)cc23)[c-]c2ccccc12.[Ir]. The maximum absolute atomic E-state index is 15.0. The second-order valence-corrected chi connectivity index (χ2v) is 18.1. The number of rotatable bonds is 9. The van der Waals surface area contributed by atoms with E-state index < -0.39 is 8.07 Å². The van der Waals surface area contributed by atoms with Gasteiger partial charge in [-0.1, -0.05) is 102 Å². The summed E-state index contributed by atoms with van der Waals surface area (Å²) in [5, 5.41) is 17.0. The van der Waals surface area contributed by atoms with Gasteiger partial charge in [-0.3, -0.25) is 9.78 Å². The van der Waals surface area contributed by atoms with Crippen molar-refractivity contribution < 1.29 is 34.4 Å². The Morgan fingerprint density at radius 1 is 0.870 bits per heavy atom. The Hall–Kier alpha value is -3.18. The number of allylic oxidation sites excluding steroid dienone is 2. The number of fused-ring (bicyclic) bond motifs is 4. The fraction of sp³-hybridized carbons (Fsp3) is 0.350. The minimum absolute atomic E-state index is 0. The Morgan fingerprint density at radius 3 is 2.15 bits per heavy atom. The van der Waals surface area contributed by atoms with Crippen molar-refractivity contribution in [3.8, 4) is 11.3 Å². The zero-order valence-electron chi connectivity index (χ0n) is 28.4. The molecule has 1 heterocycles. The number of carbonyl (C=O) groups excluding carboxylic acids is 1. The second kappa shape index (κ2) is 16.1. The molecule has 0 unspecified atom stereocenters. The molecule has 0 spiro atoms. The van der Waals surface area contributed by atoms with E-state index >= 15 is 4.39 Å². The van der Waals surface area contributed by atoms with Crippen molar-refractivity contribution in [1.82, 2.24) is 4.98 Å². The van der Waals surface area contributed by atoms with Crippen LogP contribution in [0.25, 0.3) is 43.6 Å². The van der Waals surface area contributed by atoms with Crippen LogP contribution in [0, 0.1) is 30.6 Å². The summed E-state index contributed by atoms with van der Waals surface area (Å²) in [5.41, 5.74) is 3.05. The fourth-order valence-electron chi connectivity index (χ4n) is 6.12. The monoisotopic (exact) mass is 813 g/mol. The summed E-state index contributed by atoms with van der Waals surface area (Å²) in [4.78, 5) is 16.4. The van der Waals surface area contributed by atoms with Gasteiger partial charge in [0, 0.05) is 49.9 Å². The topological polar surface area (TPSA) is 50.2 Å². The van der Waals surface area contributed by atoms with E-state index in [1.165, 1.54) is 17.0 Å². The van der Waals surface area contributed by atoms with E-state index in [-0.39, 0.29) is 49.3 Å². The summed E-state index contributed by atoms with van der Waals surface area (Å²) in [7, 11) is -1.75. The molecule has 4 aromatic carbocycles. The summed E-state index contributed by atoms with van der Waals surface area (Å²) in [6.07, 6.45) is 6.73. The number of pyridine rings is 1. The van der Waals surface area contributed by atoms with Crippen molar-refractivity contribution >= 4 is 51.4 Å². The first-order chi connectivity index (χ1) is 21.4. The molecule has 3 nitrogen and oxygen atoms in total. The molecule has 245 valence electrons. The molecule has 0 aliphatic heterocycles. The largest absolute Gasteiger partial charge is 0.512 e. The molecule has 1 radical (unpaired) electrons. The molecule has 1 aromatic heterocycles. The summed E-state index contributed by atoms with van der Waals surface area (Å²) in [5.74, 6) is 0.451. The molecule has 0 amide bonds. The molecule has 1 N–H and O–H groups in total. The molecular formula is C40H47FIrNO2Si-. The third-order valence-electron chi connectivity index (χ3n) is 8.98. The van der Waals surface area contributed by atoms with E-state index in [1.54, 1.807) is 6.07 Å². The van der Waals surface area contributed by atoms with Crippen molar-refractivity contribution in [3.63, 3.8) is 0 Å². The smallest absolute Gasteiger partial charge is 0.162 e. The summed E-state index contributed by atoms with van der Waals surface area (Å²) in [6.45, 7) is 16.7. The third kappa shape index (κ3) is 8.20. The van der Waals surface area contributed by atoms with E-state index in [0.717, 1.165) is 69.1 Å². The summed E-state index contributed by atoms with van der Waals surface area (Å²) < 4.78 is 15.0.